The van der Waals surface area contributed by atoms with E-state index in [0.29, 0.717) is 7.11 Å². The highest BCUT2D eigenvalue weighted by atomic mass is 19.3. The predicted octanol–water partition coefficient (Wildman–Crippen LogP) is 2.80. The van der Waals surface area contributed by atoms with Crippen LogP contribution >= 0.6 is 0 Å². The van der Waals surface area contributed by atoms with E-state index >= 15 is 0 Å². The lowest BCUT2D eigenvalue weighted by atomic mass is 10.2. The van der Waals surface area contributed by atoms with E-state index < -0.39 is 37.0 Å². The molecule has 0 aliphatic heterocycles. The van der Waals surface area contributed by atoms with Crippen LogP contribution in [0.25, 0.3) is 0 Å². The van der Waals surface area contributed by atoms with Crippen molar-refractivity contribution in [2.75, 3.05) is 7.11 Å². The fourth-order valence-corrected chi connectivity index (χ4v) is 0.807. The van der Waals surface area contributed by atoms with Crippen molar-refractivity contribution in [2.24, 2.45) is 0 Å². The zero-order chi connectivity index (χ0) is 13.9. The lowest BCUT2D eigenvalue weighted by molar-refractivity contribution is -0.385. The molecule has 0 heterocycles. The summed E-state index contributed by atoms with van der Waals surface area (Å²) < 4.78 is 82.2. The predicted molar refractivity (Wildman–Crippen MR) is 42.9 cm³/mol. The van der Waals surface area contributed by atoms with Crippen LogP contribution in [-0.2, 0) is 14.3 Å². The van der Waals surface area contributed by atoms with Crippen molar-refractivity contribution in [3.8, 4) is 0 Å². The SMILES string of the molecule is CCC(F)(F)OC(F)(F)CC(F)(F)C(=O)OC. The number of hydrogen-bond donors (Lipinski definition) is 0. The second-order valence-corrected chi connectivity index (χ2v) is 3.10. The molecule has 0 aromatic carbocycles. The van der Waals surface area contributed by atoms with Gasteiger partial charge in [0.05, 0.1) is 7.11 Å². The number of hydrogen-bond acceptors (Lipinski definition) is 3. The lowest BCUT2D eigenvalue weighted by Crippen LogP contribution is -2.41. The largest absolute Gasteiger partial charge is 0.465 e. The molecule has 0 unspecified atom stereocenters. The Labute approximate surface area is 92.7 Å². The van der Waals surface area contributed by atoms with Crippen molar-refractivity contribution >= 4 is 5.97 Å². The van der Waals surface area contributed by atoms with Gasteiger partial charge in [-0.2, -0.15) is 26.3 Å². The van der Waals surface area contributed by atoms with Crippen molar-refractivity contribution in [1.29, 1.82) is 0 Å². The molecule has 0 rings (SSSR count). The number of esters is 1. The number of halogens is 6. The maximum atomic E-state index is 12.7. The van der Waals surface area contributed by atoms with Crippen molar-refractivity contribution in [1.82, 2.24) is 0 Å². The molecule has 17 heavy (non-hydrogen) atoms. The van der Waals surface area contributed by atoms with Crippen LogP contribution < -0.4 is 0 Å². The van der Waals surface area contributed by atoms with E-state index in [1.807, 2.05) is 0 Å². The van der Waals surface area contributed by atoms with E-state index in [2.05, 4.69) is 9.47 Å². The fourth-order valence-electron chi connectivity index (χ4n) is 0.807. The second-order valence-electron chi connectivity index (χ2n) is 3.10. The Hall–Kier alpha value is -0.990. The van der Waals surface area contributed by atoms with E-state index in [4.69, 9.17) is 0 Å². The van der Waals surface area contributed by atoms with Gasteiger partial charge in [-0.3, -0.25) is 4.74 Å². The van der Waals surface area contributed by atoms with Crippen LogP contribution in [0.1, 0.15) is 19.8 Å². The van der Waals surface area contributed by atoms with Gasteiger partial charge in [-0.25, -0.2) is 4.79 Å². The molecule has 0 saturated carbocycles. The molecule has 0 N–H and O–H groups in total. The van der Waals surface area contributed by atoms with Crippen molar-refractivity contribution < 1.29 is 40.6 Å². The van der Waals surface area contributed by atoms with Gasteiger partial charge in [0.25, 0.3) is 0 Å². The smallest absolute Gasteiger partial charge is 0.377 e. The van der Waals surface area contributed by atoms with Crippen molar-refractivity contribution in [2.45, 2.75) is 37.9 Å². The summed E-state index contributed by atoms with van der Waals surface area (Å²) in [6.07, 6.45) is -12.7. The van der Waals surface area contributed by atoms with Gasteiger partial charge in [0.1, 0.15) is 6.42 Å². The Kier molecular flexibility index (Phi) is 4.81. The number of ether oxygens (including phenoxy) is 2. The van der Waals surface area contributed by atoms with Gasteiger partial charge in [-0.15, -0.1) is 0 Å². The number of carbonyl (C=O) groups is 1. The third-order valence-electron chi connectivity index (χ3n) is 1.62. The fraction of sp³-hybridized carbons (Fsp3) is 0.875. The first-order chi connectivity index (χ1) is 7.46. The zero-order valence-electron chi connectivity index (χ0n) is 8.91. The highest BCUT2D eigenvalue weighted by Crippen LogP contribution is 2.37. The molecule has 0 fully saturated rings. The van der Waals surface area contributed by atoms with Crippen LogP contribution in [0.5, 0.6) is 0 Å². The normalized spacial score (nSPS) is 13.6. The van der Waals surface area contributed by atoms with Gasteiger partial charge >= 0.3 is 24.1 Å². The molecule has 0 bridgehead atoms. The van der Waals surface area contributed by atoms with E-state index in [1.165, 1.54) is 0 Å². The molecular formula is C8H10F6O3. The minimum atomic E-state index is -4.85. The molecule has 102 valence electrons. The van der Waals surface area contributed by atoms with E-state index in [9.17, 15) is 31.1 Å². The Bertz CT molecular complexity index is 278. The molecule has 0 saturated heterocycles. The summed E-state index contributed by atoms with van der Waals surface area (Å²) in [7, 11) is 0.551. The first-order valence-corrected chi connectivity index (χ1v) is 4.38. The molecule has 3 nitrogen and oxygen atoms in total. The van der Waals surface area contributed by atoms with Crippen LogP contribution in [0.4, 0.5) is 26.3 Å². The number of carbonyl (C=O) groups excluding carboxylic acids is 1. The Balaban J connectivity index is 4.70. The minimum Gasteiger partial charge on any atom is -0.465 e. The summed E-state index contributed by atoms with van der Waals surface area (Å²) in [6.45, 7) is 0.828. The second kappa shape index (κ2) is 5.11. The quantitative estimate of drug-likeness (QED) is 0.549. The maximum Gasteiger partial charge on any atom is 0.377 e. The number of rotatable bonds is 6. The molecule has 0 amide bonds. The van der Waals surface area contributed by atoms with E-state index in [0.717, 1.165) is 6.92 Å². The van der Waals surface area contributed by atoms with Gasteiger partial charge in [-0.1, -0.05) is 6.92 Å². The lowest BCUT2D eigenvalue weighted by Gasteiger charge is -2.25. The van der Waals surface area contributed by atoms with Crippen molar-refractivity contribution in [3.05, 3.63) is 0 Å². The monoisotopic (exact) mass is 268 g/mol. The summed E-state index contributed by atoms with van der Waals surface area (Å²) in [4.78, 5) is 10.4. The molecule has 0 radical (unpaired) electrons. The summed E-state index contributed by atoms with van der Waals surface area (Å²) in [5.41, 5.74) is 0. The first-order valence-electron chi connectivity index (χ1n) is 4.38. The highest BCUT2D eigenvalue weighted by molar-refractivity contribution is 5.77. The standard InChI is InChI=1S/C8H10F6O3/c1-3-7(11,12)17-8(13,14)4-6(9,10)5(15)16-2/h3-4H2,1-2H3. The molecule has 0 atom stereocenters. The Morgan fingerprint density at radius 2 is 1.53 bits per heavy atom. The third kappa shape index (κ3) is 5.24. The van der Waals surface area contributed by atoms with Gasteiger partial charge in [-0.05, 0) is 0 Å². The molecule has 0 aliphatic carbocycles. The van der Waals surface area contributed by atoms with E-state index in [1.54, 1.807) is 0 Å². The Morgan fingerprint density at radius 3 is 1.88 bits per heavy atom. The van der Waals surface area contributed by atoms with Crippen LogP contribution in [0, 0.1) is 0 Å². The number of alkyl halides is 6. The zero-order valence-corrected chi connectivity index (χ0v) is 8.91. The summed E-state index contributed by atoms with van der Waals surface area (Å²) in [6, 6.07) is 0. The van der Waals surface area contributed by atoms with E-state index in [-0.39, 0.29) is 0 Å². The van der Waals surface area contributed by atoms with Crippen molar-refractivity contribution in [3.63, 3.8) is 0 Å². The average molecular weight is 268 g/mol. The average Bonchev–Trinajstić information content (AvgIpc) is 2.12. The topological polar surface area (TPSA) is 35.5 Å². The Morgan fingerprint density at radius 1 is 1.06 bits per heavy atom. The van der Waals surface area contributed by atoms with Crippen LogP contribution in [0.2, 0.25) is 0 Å². The maximum absolute atomic E-state index is 12.7. The summed E-state index contributed by atoms with van der Waals surface area (Å²) in [5.74, 6) is -6.86. The minimum absolute atomic E-state index is 0.551. The van der Waals surface area contributed by atoms with Crippen LogP contribution in [0.15, 0.2) is 0 Å². The first kappa shape index (κ1) is 16.0. The number of methoxy groups -OCH3 is 1. The molecule has 0 aromatic rings. The van der Waals surface area contributed by atoms with Gasteiger partial charge in [0.15, 0.2) is 0 Å². The van der Waals surface area contributed by atoms with Crippen LogP contribution in [-0.4, -0.2) is 31.2 Å². The van der Waals surface area contributed by atoms with Gasteiger partial charge in [0, 0.05) is 6.42 Å². The summed E-state index contributed by atoms with van der Waals surface area (Å²) >= 11 is 0. The van der Waals surface area contributed by atoms with Gasteiger partial charge in [0.2, 0.25) is 0 Å². The van der Waals surface area contributed by atoms with Crippen LogP contribution in [0.3, 0.4) is 0 Å². The molecule has 0 spiro atoms. The summed E-state index contributed by atoms with van der Waals surface area (Å²) in [5, 5.41) is 0. The molecule has 0 aliphatic rings. The third-order valence-corrected chi connectivity index (χ3v) is 1.62. The van der Waals surface area contributed by atoms with Gasteiger partial charge < -0.3 is 4.74 Å². The molecule has 9 heteroatoms. The highest BCUT2D eigenvalue weighted by Gasteiger charge is 2.54. The molecule has 0 aromatic heterocycles. The molecular weight excluding hydrogens is 258 g/mol.